The number of fused-ring (bicyclic) bond motifs is 1. The number of furan rings is 1. The Bertz CT molecular complexity index is 418. The van der Waals surface area contributed by atoms with Crippen molar-refractivity contribution in [2.24, 2.45) is 5.73 Å². The van der Waals surface area contributed by atoms with Gasteiger partial charge in [-0.2, -0.15) is 0 Å². The molecular weight excluding hydrogens is 190 g/mol. The molecule has 1 aromatic carbocycles. The minimum Gasteiger partial charge on any atom is -0.451 e. The fraction of sp³-hybridized carbons (Fsp3) is 0.250. The largest absolute Gasteiger partial charge is 0.451 e. The second kappa shape index (κ2) is 5.20. The monoisotopic (exact) mass is 207 g/mol. The molecule has 0 radical (unpaired) electrons. The van der Waals surface area contributed by atoms with Crippen LogP contribution in [0.15, 0.2) is 34.7 Å². The molecule has 0 saturated carbocycles. The highest BCUT2D eigenvalue weighted by atomic mass is 16.3. The number of amides is 1. The highest BCUT2D eigenvalue weighted by Crippen LogP contribution is 2.17. The molecule has 15 heavy (non-hydrogen) atoms. The fourth-order valence-electron chi connectivity index (χ4n) is 1.10. The number of hydrogen-bond donors (Lipinski definition) is 1. The highest BCUT2D eigenvalue weighted by molar-refractivity contribution is 5.94. The topological polar surface area (TPSA) is 56.2 Å². The van der Waals surface area contributed by atoms with Crippen molar-refractivity contribution in [3.8, 4) is 0 Å². The van der Waals surface area contributed by atoms with E-state index in [9.17, 15) is 4.79 Å². The van der Waals surface area contributed by atoms with Crippen molar-refractivity contribution in [3.63, 3.8) is 0 Å². The number of carbonyl (C=O) groups is 1. The summed E-state index contributed by atoms with van der Waals surface area (Å²) in [5.74, 6) is -0.331. The van der Waals surface area contributed by atoms with Crippen LogP contribution in [0.5, 0.6) is 0 Å². The molecule has 0 aliphatic heterocycles. The third-order valence-electron chi connectivity index (χ3n) is 1.67. The molecule has 82 valence electrons. The average molecular weight is 207 g/mol. The van der Waals surface area contributed by atoms with Crippen molar-refractivity contribution in [1.82, 2.24) is 0 Å². The molecule has 0 unspecified atom stereocenters. The first-order chi connectivity index (χ1) is 7.19. The van der Waals surface area contributed by atoms with E-state index in [-0.39, 0.29) is 7.19 Å². The van der Waals surface area contributed by atoms with Crippen LogP contribution in [0.3, 0.4) is 0 Å². The second-order valence-electron chi connectivity index (χ2n) is 3.22. The molecule has 2 N–H and O–H groups in total. The molecule has 1 aromatic heterocycles. The summed E-state index contributed by atoms with van der Waals surface area (Å²) < 4.78 is 5.15. The predicted molar refractivity (Wildman–Crippen MR) is 62.8 cm³/mol. The molecule has 2 aromatic rings. The van der Waals surface area contributed by atoms with E-state index in [2.05, 4.69) is 13.8 Å². The van der Waals surface area contributed by atoms with Gasteiger partial charge < -0.3 is 10.2 Å². The molecule has 3 nitrogen and oxygen atoms in total. The highest BCUT2D eigenvalue weighted by Gasteiger charge is 2.06. The average Bonchev–Trinajstić information content (AvgIpc) is 2.62. The lowest BCUT2D eigenvalue weighted by molar-refractivity contribution is 0.0976. The van der Waals surface area contributed by atoms with Crippen molar-refractivity contribution in [2.75, 3.05) is 0 Å². The van der Waals surface area contributed by atoms with E-state index < -0.39 is 5.91 Å². The zero-order valence-electron chi connectivity index (χ0n) is 8.99. The van der Waals surface area contributed by atoms with Gasteiger partial charge in [-0.1, -0.05) is 38.5 Å². The van der Waals surface area contributed by atoms with Gasteiger partial charge in [0.15, 0.2) is 5.76 Å². The number of para-hydroxylation sites is 1. The Morgan fingerprint density at radius 2 is 2.00 bits per heavy atom. The number of primary amides is 1. The lowest BCUT2D eigenvalue weighted by atomic mass is 10.2. The molecule has 1 heterocycles. The maximum atomic E-state index is 10.7. The molecule has 1 amide bonds. The Morgan fingerprint density at radius 1 is 1.40 bits per heavy atom. The van der Waals surface area contributed by atoms with Crippen molar-refractivity contribution >= 4 is 16.9 Å². The number of nitrogens with two attached hydrogens (primary N) is 1. The Morgan fingerprint density at radius 3 is 2.53 bits per heavy atom. The van der Waals surface area contributed by atoms with Crippen LogP contribution in [0, 0.1) is 0 Å². The van der Waals surface area contributed by atoms with Gasteiger partial charge in [-0.15, -0.1) is 0 Å². The molecule has 0 saturated heterocycles. The Hall–Kier alpha value is -1.77. The third-order valence-corrected chi connectivity index (χ3v) is 1.67. The van der Waals surface area contributed by atoms with Gasteiger partial charge in [0.2, 0.25) is 0 Å². The van der Waals surface area contributed by atoms with Gasteiger partial charge in [0.05, 0.1) is 0 Å². The molecular formula is C12H17NO2. The standard InChI is InChI=1S/C9H7NO2.C3H8.H2/c10-9(11)8-5-6-3-1-2-4-7(6)12-8;1-3-2;/h1-5H,(H2,10,11);3H2,1-2H3;1H. The van der Waals surface area contributed by atoms with Crippen LogP contribution in [-0.4, -0.2) is 5.91 Å². The first-order valence-electron chi connectivity index (χ1n) is 4.97. The summed E-state index contributed by atoms with van der Waals surface area (Å²) in [4.78, 5) is 10.7. The molecule has 2 rings (SSSR count). The Balaban J connectivity index is 0.000000511. The van der Waals surface area contributed by atoms with Crippen LogP contribution in [0.25, 0.3) is 11.0 Å². The summed E-state index contributed by atoms with van der Waals surface area (Å²) in [6, 6.07) is 9.02. The Kier molecular flexibility index (Phi) is 3.92. The maximum Gasteiger partial charge on any atom is 0.284 e. The smallest absolute Gasteiger partial charge is 0.284 e. The summed E-state index contributed by atoms with van der Waals surface area (Å²) >= 11 is 0. The Labute approximate surface area is 90.4 Å². The van der Waals surface area contributed by atoms with E-state index in [1.54, 1.807) is 12.1 Å². The van der Waals surface area contributed by atoms with Crippen LogP contribution in [0.1, 0.15) is 32.2 Å². The first-order valence-corrected chi connectivity index (χ1v) is 4.97. The lowest BCUT2D eigenvalue weighted by Gasteiger charge is -1.83. The number of carbonyl (C=O) groups excluding carboxylic acids is 1. The van der Waals surface area contributed by atoms with Gasteiger partial charge >= 0.3 is 0 Å². The summed E-state index contributed by atoms with van der Waals surface area (Å²) in [7, 11) is 0. The van der Waals surface area contributed by atoms with E-state index in [4.69, 9.17) is 10.2 Å². The minimum atomic E-state index is -0.536. The van der Waals surface area contributed by atoms with E-state index in [0.29, 0.717) is 5.58 Å². The quantitative estimate of drug-likeness (QED) is 0.780. The van der Waals surface area contributed by atoms with Gasteiger partial charge in [0.1, 0.15) is 5.58 Å². The van der Waals surface area contributed by atoms with Crippen molar-refractivity contribution in [3.05, 3.63) is 36.1 Å². The van der Waals surface area contributed by atoms with Crippen LogP contribution >= 0.6 is 0 Å². The van der Waals surface area contributed by atoms with E-state index in [1.165, 1.54) is 6.42 Å². The van der Waals surface area contributed by atoms with Gasteiger partial charge in [-0.05, 0) is 12.1 Å². The molecule has 0 bridgehead atoms. The van der Waals surface area contributed by atoms with Crippen molar-refractivity contribution in [1.29, 1.82) is 0 Å². The van der Waals surface area contributed by atoms with Gasteiger partial charge in [-0.25, -0.2) is 0 Å². The molecule has 0 atom stereocenters. The van der Waals surface area contributed by atoms with Crippen molar-refractivity contribution in [2.45, 2.75) is 20.3 Å². The first kappa shape index (κ1) is 11.3. The predicted octanol–water partition coefficient (Wildman–Crippen LogP) is 3.19. The summed E-state index contributed by atoms with van der Waals surface area (Å²) in [6.45, 7) is 4.25. The van der Waals surface area contributed by atoms with Crippen LogP contribution < -0.4 is 5.73 Å². The van der Waals surface area contributed by atoms with E-state index in [0.717, 1.165) is 5.39 Å². The zero-order chi connectivity index (χ0) is 11.3. The molecule has 0 aliphatic rings. The third kappa shape index (κ3) is 2.84. The van der Waals surface area contributed by atoms with Crippen molar-refractivity contribution < 1.29 is 10.6 Å². The second-order valence-corrected chi connectivity index (χ2v) is 3.22. The zero-order valence-corrected chi connectivity index (χ0v) is 8.99. The fourth-order valence-corrected chi connectivity index (χ4v) is 1.10. The van der Waals surface area contributed by atoms with Crippen LogP contribution in [-0.2, 0) is 0 Å². The van der Waals surface area contributed by atoms with E-state index >= 15 is 0 Å². The molecule has 0 spiro atoms. The molecule has 0 aliphatic carbocycles. The van der Waals surface area contributed by atoms with Gasteiger partial charge in [0, 0.05) is 6.81 Å². The summed E-state index contributed by atoms with van der Waals surface area (Å²) in [6.07, 6.45) is 1.25. The summed E-state index contributed by atoms with van der Waals surface area (Å²) in [5.41, 5.74) is 5.73. The van der Waals surface area contributed by atoms with Gasteiger partial charge in [0.25, 0.3) is 5.91 Å². The number of rotatable bonds is 1. The summed E-state index contributed by atoms with van der Waals surface area (Å²) in [5, 5.41) is 0.895. The number of hydrogen-bond acceptors (Lipinski definition) is 2. The van der Waals surface area contributed by atoms with E-state index in [1.807, 2.05) is 18.2 Å². The van der Waals surface area contributed by atoms with Crippen LogP contribution in [0.2, 0.25) is 0 Å². The lowest BCUT2D eigenvalue weighted by Crippen LogP contribution is -2.08. The SMILES string of the molecule is CCC.NC(=O)c1cc2ccccc2o1.[HH]. The molecule has 3 heteroatoms. The molecule has 0 fully saturated rings. The number of benzene rings is 1. The van der Waals surface area contributed by atoms with Crippen LogP contribution in [0.4, 0.5) is 0 Å². The minimum absolute atomic E-state index is 0. The maximum absolute atomic E-state index is 10.7. The van der Waals surface area contributed by atoms with Gasteiger partial charge in [-0.3, -0.25) is 4.79 Å². The normalized spacial score (nSPS) is 9.47.